The van der Waals surface area contributed by atoms with Gasteiger partial charge in [-0.05, 0) is 95.0 Å². The van der Waals surface area contributed by atoms with Crippen molar-refractivity contribution in [1.29, 1.82) is 0 Å². The zero-order chi connectivity index (χ0) is 28.2. The molecule has 1 aliphatic heterocycles. The molecule has 0 spiro atoms. The summed E-state index contributed by atoms with van der Waals surface area (Å²) in [6.07, 6.45) is 2.47. The highest BCUT2D eigenvalue weighted by atomic mass is 35.5. The first-order valence-corrected chi connectivity index (χ1v) is 14.5. The quantitative estimate of drug-likeness (QED) is 0.265. The van der Waals surface area contributed by atoms with Crippen LogP contribution in [0, 0.1) is 26.2 Å². The van der Waals surface area contributed by atoms with Crippen molar-refractivity contribution in [2.45, 2.75) is 73.0 Å². The SMILES string of the molecule is Cc1cc(OCC2(CC(=O)N(C)Cc3ccccc3)CCCN(Cc3cc(C)n(C(C)C)c3C)C2)ccc1Cl. The number of aromatic nitrogens is 1. The van der Waals surface area contributed by atoms with Crippen molar-refractivity contribution in [3.8, 4) is 5.75 Å². The summed E-state index contributed by atoms with van der Waals surface area (Å²) in [7, 11) is 1.91. The number of hydrogen-bond donors (Lipinski definition) is 0. The molecule has 2 heterocycles. The van der Waals surface area contributed by atoms with E-state index in [1.165, 1.54) is 17.0 Å². The van der Waals surface area contributed by atoms with Crippen molar-refractivity contribution in [2.24, 2.45) is 5.41 Å². The zero-order valence-corrected chi connectivity index (χ0v) is 25.2. The van der Waals surface area contributed by atoms with Crippen LogP contribution < -0.4 is 4.74 Å². The lowest BCUT2D eigenvalue weighted by atomic mass is 9.77. The fraction of sp³-hybridized carbons (Fsp3) is 0.485. The third-order valence-electron chi connectivity index (χ3n) is 8.13. The van der Waals surface area contributed by atoms with Gasteiger partial charge in [0.1, 0.15) is 5.75 Å². The number of hydrogen-bond acceptors (Lipinski definition) is 3. The maximum atomic E-state index is 13.6. The fourth-order valence-corrected chi connectivity index (χ4v) is 6.26. The average Bonchev–Trinajstić information content (AvgIpc) is 3.18. The normalized spacial score (nSPS) is 17.9. The van der Waals surface area contributed by atoms with Crippen molar-refractivity contribution in [3.63, 3.8) is 0 Å². The summed E-state index contributed by atoms with van der Waals surface area (Å²) in [6.45, 7) is 14.8. The molecule has 1 atom stereocenters. The lowest BCUT2D eigenvalue weighted by molar-refractivity contribution is -0.135. The van der Waals surface area contributed by atoms with Crippen LogP contribution in [0.15, 0.2) is 54.6 Å². The minimum Gasteiger partial charge on any atom is -0.493 e. The summed E-state index contributed by atoms with van der Waals surface area (Å²) < 4.78 is 8.82. The van der Waals surface area contributed by atoms with E-state index in [4.69, 9.17) is 16.3 Å². The number of carbonyl (C=O) groups excluding carboxylic acids is 1. The summed E-state index contributed by atoms with van der Waals surface area (Å²) in [5.74, 6) is 0.966. The number of halogens is 1. The Kier molecular flexibility index (Phi) is 9.45. The summed E-state index contributed by atoms with van der Waals surface area (Å²) >= 11 is 6.25. The average molecular weight is 550 g/mol. The Balaban J connectivity index is 1.53. The van der Waals surface area contributed by atoms with E-state index in [1.807, 2.05) is 55.3 Å². The van der Waals surface area contributed by atoms with E-state index in [0.29, 0.717) is 25.6 Å². The molecule has 0 aliphatic carbocycles. The number of amides is 1. The minimum atomic E-state index is -0.266. The molecule has 5 nitrogen and oxygen atoms in total. The first-order valence-electron chi connectivity index (χ1n) is 14.1. The lowest BCUT2D eigenvalue weighted by Gasteiger charge is -2.43. The molecule has 0 bridgehead atoms. The van der Waals surface area contributed by atoms with Gasteiger partial charge in [0.25, 0.3) is 0 Å². The Hall–Kier alpha value is -2.76. The van der Waals surface area contributed by atoms with Crippen LogP contribution >= 0.6 is 11.6 Å². The molecule has 1 fully saturated rings. The number of likely N-dealkylation sites (tertiary alicyclic amines) is 1. The van der Waals surface area contributed by atoms with Crippen LogP contribution in [0.4, 0.5) is 0 Å². The van der Waals surface area contributed by atoms with Crippen LogP contribution in [0.5, 0.6) is 5.75 Å². The molecule has 1 aliphatic rings. The molecule has 6 heteroatoms. The van der Waals surface area contributed by atoms with Gasteiger partial charge in [-0.1, -0.05) is 41.9 Å². The number of nitrogens with zero attached hydrogens (tertiary/aromatic N) is 3. The Bertz CT molecular complexity index is 1270. The topological polar surface area (TPSA) is 37.7 Å². The van der Waals surface area contributed by atoms with Crippen LogP contribution in [0.2, 0.25) is 5.02 Å². The maximum Gasteiger partial charge on any atom is 0.223 e. The second kappa shape index (κ2) is 12.6. The summed E-state index contributed by atoms with van der Waals surface area (Å²) in [6, 6.07) is 18.8. The monoisotopic (exact) mass is 549 g/mol. The number of carbonyl (C=O) groups is 1. The third-order valence-corrected chi connectivity index (χ3v) is 8.55. The smallest absolute Gasteiger partial charge is 0.223 e. The fourth-order valence-electron chi connectivity index (χ4n) is 6.14. The van der Waals surface area contributed by atoms with E-state index in [0.717, 1.165) is 54.4 Å². The third kappa shape index (κ3) is 7.26. The number of piperidine rings is 1. The van der Waals surface area contributed by atoms with Crippen molar-refractivity contribution in [3.05, 3.63) is 87.7 Å². The second-order valence-electron chi connectivity index (χ2n) is 11.8. The van der Waals surface area contributed by atoms with E-state index >= 15 is 0 Å². The molecule has 2 aromatic carbocycles. The number of aryl methyl sites for hydroxylation is 2. The first-order chi connectivity index (χ1) is 18.6. The largest absolute Gasteiger partial charge is 0.493 e. The lowest BCUT2D eigenvalue weighted by Crippen LogP contribution is -2.48. The van der Waals surface area contributed by atoms with E-state index < -0.39 is 0 Å². The van der Waals surface area contributed by atoms with Gasteiger partial charge < -0.3 is 14.2 Å². The van der Waals surface area contributed by atoms with E-state index in [2.05, 4.69) is 55.4 Å². The molecule has 0 radical (unpaired) electrons. The van der Waals surface area contributed by atoms with Crippen molar-refractivity contribution >= 4 is 17.5 Å². The molecule has 1 amide bonds. The highest BCUT2D eigenvalue weighted by Gasteiger charge is 2.39. The Morgan fingerprint density at radius 1 is 1.10 bits per heavy atom. The highest BCUT2D eigenvalue weighted by Crippen LogP contribution is 2.37. The molecule has 1 saturated heterocycles. The van der Waals surface area contributed by atoms with Crippen molar-refractivity contribution < 1.29 is 9.53 Å². The van der Waals surface area contributed by atoms with E-state index in [9.17, 15) is 4.79 Å². The minimum absolute atomic E-state index is 0.162. The summed E-state index contributed by atoms with van der Waals surface area (Å²) in [5, 5.41) is 0.734. The van der Waals surface area contributed by atoms with Crippen LogP contribution in [0.3, 0.4) is 0 Å². The molecule has 0 saturated carbocycles. The standard InChI is InChI=1S/C33H44ClN3O2/c1-24(2)37-26(4)18-29(27(37)5)21-36-16-10-15-33(22-36,23-39-30-13-14-31(34)25(3)17-30)19-32(38)35(6)20-28-11-8-7-9-12-28/h7-9,11-14,17-18,24H,10,15-16,19-23H2,1-6H3. The number of benzene rings is 2. The van der Waals surface area contributed by atoms with Crippen LogP contribution in [-0.2, 0) is 17.9 Å². The van der Waals surface area contributed by atoms with Gasteiger partial charge in [0.05, 0.1) is 6.61 Å². The summed E-state index contributed by atoms with van der Waals surface area (Å²) in [4.78, 5) is 18.0. The number of rotatable bonds is 10. The van der Waals surface area contributed by atoms with Crippen LogP contribution in [-0.4, -0.2) is 47.0 Å². The molecular formula is C33H44ClN3O2. The molecule has 3 aromatic rings. The Labute approximate surface area is 239 Å². The van der Waals surface area contributed by atoms with Gasteiger partial charge in [0.2, 0.25) is 5.91 Å². The Morgan fingerprint density at radius 3 is 2.51 bits per heavy atom. The molecule has 39 heavy (non-hydrogen) atoms. The zero-order valence-electron chi connectivity index (χ0n) is 24.5. The van der Waals surface area contributed by atoms with Crippen molar-refractivity contribution in [2.75, 3.05) is 26.7 Å². The molecule has 1 aromatic heterocycles. The van der Waals surface area contributed by atoms with E-state index in [1.54, 1.807) is 0 Å². The molecular weight excluding hydrogens is 506 g/mol. The van der Waals surface area contributed by atoms with Gasteiger partial charge in [0.15, 0.2) is 0 Å². The predicted octanol–water partition coefficient (Wildman–Crippen LogP) is 7.36. The maximum absolute atomic E-state index is 13.6. The number of ether oxygens (including phenoxy) is 1. The molecule has 210 valence electrons. The van der Waals surface area contributed by atoms with E-state index in [-0.39, 0.29) is 11.3 Å². The van der Waals surface area contributed by atoms with Gasteiger partial charge in [-0.25, -0.2) is 0 Å². The van der Waals surface area contributed by atoms with Gasteiger partial charge >= 0.3 is 0 Å². The summed E-state index contributed by atoms with van der Waals surface area (Å²) in [5.41, 5.74) is 5.88. The Morgan fingerprint density at radius 2 is 1.85 bits per heavy atom. The van der Waals surface area contributed by atoms with Crippen LogP contribution in [0.25, 0.3) is 0 Å². The molecule has 0 N–H and O–H groups in total. The molecule has 4 rings (SSSR count). The van der Waals surface area contributed by atoms with Gasteiger partial charge in [0, 0.05) is 61.0 Å². The van der Waals surface area contributed by atoms with Crippen LogP contribution in [0.1, 0.15) is 67.2 Å². The van der Waals surface area contributed by atoms with Crippen molar-refractivity contribution in [1.82, 2.24) is 14.4 Å². The predicted molar refractivity (Wildman–Crippen MR) is 160 cm³/mol. The van der Waals surface area contributed by atoms with Gasteiger partial charge in [-0.3, -0.25) is 9.69 Å². The van der Waals surface area contributed by atoms with Gasteiger partial charge in [-0.15, -0.1) is 0 Å². The molecule has 1 unspecified atom stereocenters. The highest BCUT2D eigenvalue weighted by molar-refractivity contribution is 6.31. The van der Waals surface area contributed by atoms with Gasteiger partial charge in [-0.2, -0.15) is 0 Å². The second-order valence-corrected chi connectivity index (χ2v) is 12.2. The first kappa shape index (κ1) is 29.2.